The molecule has 0 saturated carbocycles. The van der Waals surface area contributed by atoms with Crippen LogP contribution in [0.15, 0.2) is 0 Å². The summed E-state index contributed by atoms with van der Waals surface area (Å²) in [5, 5.41) is 7.42. The summed E-state index contributed by atoms with van der Waals surface area (Å²) < 4.78 is 18.0. The van der Waals surface area contributed by atoms with Crippen molar-refractivity contribution >= 4 is 24.6 Å². The van der Waals surface area contributed by atoms with Gasteiger partial charge < -0.3 is 5.11 Å². The SMILES string of the molecule is CC(=O)O.O=S(=O)=[SiH2]. The van der Waals surface area contributed by atoms with Gasteiger partial charge in [0.1, 0.15) is 8.95 Å². The number of rotatable bonds is 0. The normalized spacial score (nSPS) is 6.12. The van der Waals surface area contributed by atoms with Gasteiger partial charge in [-0.05, 0) is 0 Å². The van der Waals surface area contributed by atoms with Gasteiger partial charge in [-0.2, -0.15) is 8.42 Å². The van der Waals surface area contributed by atoms with Gasteiger partial charge in [0.05, 0.1) is 0 Å². The van der Waals surface area contributed by atoms with Gasteiger partial charge in [0.2, 0.25) is 0 Å². The van der Waals surface area contributed by atoms with E-state index in [1.807, 2.05) is 0 Å². The molecule has 4 nitrogen and oxygen atoms in total. The molecule has 0 rings (SSSR count). The van der Waals surface area contributed by atoms with E-state index >= 15 is 0 Å². The average Bonchev–Trinajstić information content (AvgIpc) is 1.25. The highest BCUT2D eigenvalue weighted by atomic mass is 32.2. The summed E-state index contributed by atoms with van der Waals surface area (Å²) in [6.45, 7) is 1.08. The van der Waals surface area contributed by atoms with Crippen molar-refractivity contribution in [1.29, 1.82) is 0 Å². The standard InChI is InChI=1S/C2H4O2.H2O2SSi/c1-2(3)4;1-3(2)4/h1H3,(H,3,4);4H2. The molecule has 0 aliphatic carbocycles. The van der Waals surface area contributed by atoms with Crippen LogP contribution in [0.3, 0.4) is 0 Å². The predicted molar refractivity (Wildman–Crippen MR) is 30.8 cm³/mol. The van der Waals surface area contributed by atoms with Crippen LogP contribution < -0.4 is 0 Å². The second-order valence-corrected chi connectivity index (χ2v) is 2.84. The Kier molecular flexibility index (Phi) is 8.52. The smallest absolute Gasteiger partial charge is 0.300 e. The minimum Gasteiger partial charge on any atom is -0.481 e. The van der Waals surface area contributed by atoms with E-state index in [-0.39, 0.29) is 0 Å². The van der Waals surface area contributed by atoms with Crippen LogP contribution in [0.4, 0.5) is 0 Å². The Labute approximate surface area is 50.6 Å². The second kappa shape index (κ2) is 6.51. The molecule has 0 aliphatic heterocycles. The fourth-order valence-corrected chi connectivity index (χ4v) is 0. The van der Waals surface area contributed by atoms with Crippen molar-refractivity contribution in [2.75, 3.05) is 0 Å². The largest absolute Gasteiger partial charge is 0.481 e. The van der Waals surface area contributed by atoms with Gasteiger partial charge >= 0.3 is 0 Å². The highest BCUT2D eigenvalue weighted by Gasteiger charge is 1.65. The Bertz CT molecular complexity index is 143. The third kappa shape index (κ3) is 460. The Hall–Kier alpha value is -0.493. The lowest BCUT2D eigenvalue weighted by molar-refractivity contribution is -0.134. The first-order valence-electron chi connectivity index (χ1n) is 1.55. The van der Waals surface area contributed by atoms with Crippen LogP contribution in [0.2, 0.25) is 0 Å². The van der Waals surface area contributed by atoms with Crippen LogP contribution >= 0.6 is 0 Å². The monoisotopic (exact) mass is 154 g/mol. The molecule has 8 heavy (non-hydrogen) atoms. The molecule has 6 heteroatoms. The number of carbonyl (C=O) groups is 1. The minimum absolute atomic E-state index is 0.833. The van der Waals surface area contributed by atoms with Gasteiger partial charge in [-0.3, -0.25) is 4.79 Å². The topological polar surface area (TPSA) is 71.4 Å². The first-order valence-corrected chi connectivity index (χ1v) is 4.53. The summed E-state index contributed by atoms with van der Waals surface area (Å²) >= 11 is 0. The van der Waals surface area contributed by atoms with Gasteiger partial charge in [0.25, 0.3) is 5.97 Å². The van der Waals surface area contributed by atoms with Crippen molar-refractivity contribution in [3.63, 3.8) is 0 Å². The molecule has 0 fully saturated rings. The highest BCUT2D eigenvalue weighted by Crippen LogP contribution is 1.42. The van der Waals surface area contributed by atoms with Crippen molar-refractivity contribution < 1.29 is 18.3 Å². The molecular weight excluding hydrogens is 148 g/mol. The summed E-state index contributed by atoms with van der Waals surface area (Å²) in [5.74, 6) is -0.833. The van der Waals surface area contributed by atoms with E-state index in [9.17, 15) is 0 Å². The number of aliphatic carboxylic acids is 1. The molecule has 0 bridgehead atoms. The van der Waals surface area contributed by atoms with Crippen LogP contribution in [0.1, 0.15) is 6.92 Å². The fraction of sp³-hybridized carbons (Fsp3) is 0.500. The first kappa shape index (κ1) is 10.5. The van der Waals surface area contributed by atoms with Gasteiger partial charge in [-0.25, -0.2) is 0 Å². The lowest BCUT2D eigenvalue weighted by atomic mass is 10.9. The Balaban J connectivity index is 0. The van der Waals surface area contributed by atoms with E-state index in [2.05, 4.69) is 0 Å². The zero-order valence-electron chi connectivity index (χ0n) is 4.29. The van der Waals surface area contributed by atoms with Crippen LogP contribution in [0.5, 0.6) is 0 Å². The molecule has 0 heterocycles. The fourth-order valence-electron chi connectivity index (χ4n) is 0. The maximum absolute atomic E-state index is 9.01. The van der Waals surface area contributed by atoms with Crippen molar-refractivity contribution in [2.24, 2.45) is 0 Å². The van der Waals surface area contributed by atoms with Gasteiger partial charge in [0.15, 0.2) is 9.70 Å². The Morgan fingerprint density at radius 2 is 1.62 bits per heavy atom. The summed E-state index contributed by atoms with van der Waals surface area (Å²) in [4.78, 5) is 9.00. The third-order valence-electron chi connectivity index (χ3n) is 0. The second-order valence-electron chi connectivity index (χ2n) is 0.823. The molecule has 48 valence electrons. The van der Waals surface area contributed by atoms with Crippen LogP contribution in [0.25, 0.3) is 0 Å². The summed E-state index contributed by atoms with van der Waals surface area (Å²) in [7, 11) is -0.914. The maximum Gasteiger partial charge on any atom is 0.300 e. The molecule has 0 spiro atoms. The minimum atomic E-state index is -1.83. The Morgan fingerprint density at radius 1 is 1.62 bits per heavy atom. The molecule has 0 aromatic rings. The van der Waals surface area contributed by atoms with Crippen LogP contribution in [0, 0.1) is 0 Å². The van der Waals surface area contributed by atoms with E-state index in [1.54, 1.807) is 0 Å². The molecular formula is C2H6O4SSi. The zero-order chi connectivity index (χ0) is 7.15. The molecule has 0 saturated heterocycles. The molecule has 0 unspecified atom stereocenters. The lowest BCUT2D eigenvalue weighted by Gasteiger charge is -1.59. The first-order chi connectivity index (χ1) is 3.46. The van der Waals surface area contributed by atoms with Gasteiger partial charge in [-0.1, -0.05) is 0 Å². The molecule has 0 atom stereocenters. The van der Waals surface area contributed by atoms with E-state index in [0.717, 1.165) is 15.9 Å². The summed E-state index contributed by atoms with van der Waals surface area (Å²) in [6.07, 6.45) is 0. The summed E-state index contributed by atoms with van der Waals surface area (Å²) in [5.41, 5.74) is 0. The molecule has 0 radical (unpaired) electrons. The predicted octanol–water partition coefficient (Wildman–Crippen LogP) is -1.50. The van der Waals surface area contributed by atoms with Crippen molar-refractivity contribution in [1.82, 2.24) is 0 Å². The van der Waals surface area contributed by atoms with E-state index in [4.69, 9.17) is 18.3 Å². The third-order valence-corrected chi connectivity index (χ3v) is 0. The number of hydrogen-bond donors (Lipinski definition) is 1. The lowest BCUT2D eigenvalue weighted by Crippen LogP contribution is -1.78. The van der Waals surface area contributed by atoms with E-state index < -0.39 is 15.7 Å². The maximum atomic E-state index is 9.01. The van der Waals surface area contributed by atoms with Crippen LogP contribution in [-0.2, 0) is 14.5 Å². The zero-order valence-corrected chi connectivity index (χ0v) is 6.52. The van der Waals surface area contributed by atoms with Crippen molar-refractivity contribution in [3.8, 4) is 0 Å². The van der Waals surface area contributed by atoms with Crippen LogP contribution in [-0.4, -0.2) is 28.4 Å². The number of hydrogen-bond acceptors (Lipinski definition) is 3. The number of carboxylic acid groups (broad SMARTS) is 1. The quantitative estimate of drug-likeness (QED) is 0.431. The molecule has 0 aliphatic rings. The number of carboxylic acids is 1. The Morgan fingerprint density at radius 3 is 1.62 bits per heavy atom. The van der Waals surface area contributed by atoms with Gasteiger partial charge in [0, 0.05) is 6.92 Å². The summed E-state index contributed by atoms with van der Waals surface area (Å²) in [6, 6.07) is 0. The molecule has 0 amide bonds. The van der Waals surface area contributed by atoms with Crippen molar-refractivity contribution in [2.45, 2.75) is 6.92 Å². The van der Waals surface area contributed by atoms with E-state index in [1.165, 1.54) is 0 Å². The van der Waals surface area contributed by atoms with E-state index in [0.29, 0.717) is 0 Å². The highest BCUT2D eigenvalue weighted by molar-refractivity contribution is 7.76. The molecule has 0 aromatic carbocycles. The van der Waals surface area contributed by atoms with Gasteiger partial charge in [-0.15, -0.1) is 0 Å². The average molecular weight is 154 g/mol. The molecule has 1 N–H and O–H groups in total. The van der Waals surface area contributed by atoms with Crippen molar-refractivity contribution in [3.05, 3.63) is 0 Å². The molecule has 0 aromatic heterocycles.